The second kappa shape index (κ2) is 10.5. The summed E-state index contributed by atoms with van der Waals surface area (Å²) in [6.07, 6.45) is 3.04. The minimum absolute atomic E-state index is 0.269. The average molecular weight is 483 g/mol. The third-order valence-corrected chi connectivity index (χ3v) is 5.71. The Bertz CT molecular complexity index is 1010. The van der Waals surface area contributed by atoms with E-state index in [4.69, 9.17) is 9.47 Å². The summed E-state index contributed by atoms with van der Waals surface area (Å²) in [6.45, 7) is 4.34. The van der Waals surface area contributed by atoms with Gasteiger partial charge in [-0.2, -0.15) is 10.2 Å². The number of morpholine rings is 1. The first-order valence-electron chi connectivity index (χ1n) is 10.1. The van der Waals surface area contributed by atoms with E-state index in [1.165, 1.54) is 12.4 Å². The van der Waals surface area contributed by atoms with E-state index in [1.54, 1.807) is 6.07 Å². The van der Waals surface area contributed by atoms with Crippen LogP contribution in [0.15, 0.2) is 65.4 Å². The molecule has 160 valence electrons. The summed E-state index contributed by atoms with van der Waals surface area (Å²) < 4.78 is 12.4. The summed E-state index contributed by atoms with van der Waals surface area (Å²) in [5.74, 6) is 0.268. The summed E-state index contributed by atoms with van der Waals surface area (Å²) in [5.41, 5.74) is 3.12. The molecule has 1 saturated heterocycles. The van der Waals surface area contributed by atoms with Crippen molar-refractivity contribution in [1.29, 1.82) is 0 Å². The Morgan fingerprint density at radius 2 is 1.94 bits per heavy atom. The summed E-state index contributed by atoms with van der Waals surface area (Å²) in [5, 5.41) is 10.4. The summed E-state index contributed by atoms with van der Waals surface area (Å²) in [6, 6.07) is 15.3. The van der Waals surface area contributed by atoms with Crippen LogP contribution >= 0.6 is 15.9 Å². The van der Waals surface area contributed by atoms with Gasteiger partial charge in [-0.05, 0) is 29.3 Å². The Labute approximate surface area is 189 Å². The van der Waals surface area contributed by atoms with Gasteiger partial charge in [0.05, 0.1) is 36.9 Å². The van der Waals surface area contributed by atoms with Gasteiger partial charge in [0.1, 0.15) is 12.4 Å². The van der Waals surface area contributed by atoms with E-state index in [0.29, 0.717) is 23.6 Å². The van der Waals surface area contributed by atoms with Crippen molar-refractivity contribution < 1.29 is 14.3 Å². The van der Waals surface area contributed by atoms with E-state index < -0.39 is 0 Å². The zero-order chi connectivity index (χ0) is 21.5. The number of carbonyl (C=O) groups is 1. The molecular weight excluding hydrogens is 460 g/mol. The van der Waals surface area contributed by atoms with E-state index in [1.807, 2.05) is 42.5 Å². The van der Waals surface area contributed by atoms with Gasteiger partial charge < -0.3 is 14.8 Å². The quantitative estimate of drug-likeness (QED) is 0.550. The van der Waals surface area contributed by atoms with Gasteiger partial charge in [-0.1, -0.05) is 46.3 Å². The molecular formula is C23H23BrN4O3. The minimum atomic E-state index is -0.269. The van der Waals surface area contributed by atoms with Crippen molar-refractivity contribution in [3.05, 3.63) is 82.1 Å². The first-order chi connectivity index (χ1) is 15.2. The molecule has 31 heavy (non-hydrogen) atoms. The number of benzene rings is 2. The van der Waals surface area contributed by atoms with Crippen LogP contribution in [0.4, 0.5) is 5.69 Å². The number of amides is 1. The van der Waals surface area contributed by atoms with Crippen LogP contribution in [-0.4, -0.2) is 47.3 Å². The highest BCUT2D eigenvalue weighted by molar-refractivity contribution is 9.10. The number of anilines is 1. The molecule has 1 amide bonds. The maximum atomic E-state index is 13.0. The zero-order valence-electron chi connectivity index (χ0n) is 17.0. The van der Waals surface area contributed by atoms with Crippen LogP contribution in [0.2, 0.25) is 0 Å². The first-order valence-corrected chi connectivity index (χ1v) is 10.9. The molecule has 0 saturated carbocycles. The number of hydrogen-bond acceptors (Lipinski definition) is 6. The maximum Gasteiger partial charge on any atom is 0.259 e. The summed E-state index contributed by atoms with van der Waals surface area (Å²) in [7, 11) is 0. The minimum Gasteiger partial charge on any atom is -0.488 e. The monoisotopic (exact) mass is 482 g/mol. The van der Waals surface area contributed by atoms with Gasteiger partial charge in [0.25, 0.3) is 5.91 Å². The van der Waals surface area contributed by atoms with Gasteiger partial charge in [-0.3, -0.25) is 9.69 Å². The second-order valence-corrected chi connectivity index (χ2v) is 8.04. The number of nitrogens with zero attached hydrogens (tertiary/aromatic N) is 3. The van der Waals surface area contributed by atoms with Gasteiger partial charge in [-0.25, -0.2) is 0 Å². The van der Waals surface area contributed by atoms with E-state index in [0.717, 1.165) is 48.4 Å². The van der Waals surface area contributed by atoms with Crippen LogP contribution in [0.3, 0.4) is 0 Å². The molecule has 0 aliphatic carbocycles. The standard InChI is InChI=1S/C23H23BrN4O3/c24-21-13-20(23(29)27-19-6-7-25-26-14-19)22(31-16-17-4-2-1-3-5-17)12-18(21)15-28-8-10-30-11-9-28/h1-7,12-14H,8-11,15-16H2,(H,25,27,29). The van der Waals surface area contributed by atoms with Crippen molar-refractivity contribution in [3.8, 4) is 5.75 Å². The number of nitrogens with one attached hydrogen (secondary N) is 1. The Kier molecular flexibility index (Phi) is 7.24. The highest BCUT2D eigenvalue weighted by Crippen LogP contribution is 2.30. The molecule has 0 atom stereocenters. The number of rotatable bonds is 7. The highest BCUT2D eigenvalue weighted by atomic mass is 79.9. The van der Waals surface area contributed by atoms with Gasteiger partial charge in [0.2, 0.25) is 0 Å². The third kappa shape index (κ3) is 5.88. The average Bonchev–Trinajstić information content (AvgIpc) is 2.81. The predicted molar refractivity (Wildman–Crippen MR) is 121 cm³/mol. The van der Waals surface area contributed by atoms with Crippen LogP contribution in [0.25, 0.3) is 0 Å². The van der Waals surface area contributed by atoms with Crippen LogP contribution in [0.1, 0.15) is 21.5 Å². The Morgan fingerprint density at radius 3 is 2.68 bits per heavy atom. The molecule has 2 aromatic carbocycles. The molecule has 1 N–H and O–H groups in total. The maximum absolute atomic E-state index is 13.0. The SMILES string of the molecule is O=C(Nc1ccnnc1)c1cc(Br)c(CN2CCOCC2)cc1OCc1ccccc1. The molecule has 1 aromatic heterocycles. The molecule has 0 bridgehead atoms. The van der Waals surface area contributed by atoms with Gasteiger partial charge in [0.15, 0.2) is 0 Å². The lowest BCUT2D eigenvalue weighted by molar-refractivity contribution is 0.0340. The highest BCUT2D eigenvalue weighted by Gasteiger charge is 2.19. The van der Waals surface area contributed by atoms with Crippen LogP contribution in [0.5, 0.6) is 5.75 Å². The van der Waals surface area contributed by atoms with Crippen molar-refractivity contribution in [2.24, 2.45) is 0 Å². The smallest absolute Gasteiger partial charge is 0.259 e. The van der Waals surface area contributed by atoms with E-state index >= 15 is 0 Å². The molecule has 1 aliphatic heterocycles. The molecule has 4 rings (SSSR count). The largest absolute Gasteiger partial charge is 0.488 e. The number of aromatic nitrogens is 2. The Balaban J connectivity index is 1.59. The Hall–Kier alpha value is -2.81. The molecule has 0 radical (unpaired) electrons. The lowest BCUT2D eigenvalue weighted by atomic mass is 10.1. The molecule has 8 heteroatoms. The number of carbonyl (C=O) groups excluding carboxylic acids is 1. The van der Waals surface area contributed by atoms with Crippen molar-refractivity contribution in [2.75, 3.05) is 31.6 Å². The van der Waals surface area contributed by atoms with Crippen molar-refractivity contribution in [2.45, 2.75) is 13.2 Å². The molecule has 3 aromatic rings. The number of ether oxygens (including phenoxy) is 2. The van der Waals surface area contributed by atoms with Crippen LogP contribution in [-0.2, 0) is 17.9 Å². The van der Waals surface area contributed by atoms with Crippen molar-refractivity contribution in [1.82, 2.24) is 15.1 Å². The number of halogens is 1. The van der Waals surface area contributed by atoms with Gasteiger partial charge in [-0.15, -0.1) is 0 Å². The lowest BCUT2D eigenvalue weighted by Gasteiger charge is -2.27. The van der Waals surface area contributed by atoms with Crippen molar-refractivity contribution >= 4 is 27.5 Å². The number of hydrogen-bond donors (Lipinski definition) is 1. The van der Waals surface area contributed by atoms with Crippen molar-refractivity contribution in [3.63, 3.8) is 0 Å². The fraction of sp³-hybridized carbons (Fsp3) is 0.261. The summed E-state index contributed by atoms with van der Waals surface area (Å²) in [4.78, 5) is 15.3. The molecule has 1 fully saturated rings. The van der Waals surface area contributed by atoms with Crippen LogP contribution < -0.4 is 10.1 Å². The van der Waals surface area contributed by atoms with E-state index in [9.17, 15) is 4.79 Å². The Morgan fingerprint density at radius 1 is 1.13 bits per heavy atom. The van der Waals surface area contributed by atoms with Gasteiger partial charge in [0, 0.05) is 24.1 Å². The molecule has 2 heterocycles. The molecule has 1 aliphatic rings. The van der Waals surface area contributed by atoms with E-state index in [-0.39, 0.29) is 5.91 Å². The second-order valence-electron chi connectivity index (χ2n) is 7.19. The normalized spacial score (nSPS) is 14.2. The van der Waals surface area contributed by atoms with Gasteiger partial charge >= 0.3 is 0 Å². The zero-order valence-corrected chi connectivity index (χ0v) is 18.5. The molecule has 0 unspecified atom stereocenters. The molecule has 7 nitrogen and oxygen atoms in total. The fourth-order valence-corrected chi connectivity index (χ4v) is 3.78. The summed E-state index contributed by atoms with van der Waals surface area (Å²) >= 11 is 3.64. The van der Waals surface area contributed by atoms with Crippen LogP contribution in [0, 0.1) is 0 Å². The van der Waals surface area contributed by atoms with E-state index in [2.05, 4.69) is 36.3 Å². The molecule has 0 spiro atoms. The first kappa shape index (κ1) is 21.4. The lowest BCUT2D eigenvalue weighted by Crippen LogP contribution is -2.35. The third-order valence-electron chi connectivity index (χ3n) is 4.97. The topological polar surface area (TPSA) is 76.6 Å². The fourth-order valence-electron chi connectivity index (χ4n) is 3.31. The predicted octanol–water partition coefficient (Wildman–Crippen LogP) is 3.90.